The Hall–Kier alpha value is -2.62. The van der Waals surface area contributed by atoms with Crippen LogP contribution in [0.15, 0.2) is 63.4 Å². The summed E-state index contributed by atoms with van der Waals surface area (Å²) >= 11 is 0. The normalized spacial score (nSPS) is 18.8. The summed E-state index contributed by atoms with van der Waals surface area (Å²) in [5.74, 6) is 0.607. The van der Waals surface area contributed by atoms with Gasteiger partial charge in [-0.1, -0.05) is 19.1 Å². The third-order valence-corrected chi connectivity index (χ3v) is 4.12. The first-order valence-corrected chi connectivity index (χ1v) is 7.79. The smallest absolute Gasteiger partial charge is 0.168 e. The van der Waals surface area contributed by atoms with Crippen molar-refractivity contribution < 1.29 is 14.3 Å². The molecule has 2 aromatic rings. The summed E-state index contributed by atoms with van der Waals surface area (Å²) < 4.78 is 5.34. The van der Waals surface area contributed by atoms with Crippen LogP contribution in [-0.2, 0) is 11.2 Å². The number of aryl methyl sites for hydroxylation is 1. The second kappa shape index (κ2) is 6.65. The number of carbonyl (C=O) groups is 1. The molecule has 1 aromatic heterocycles. The first kappa shape index (κ1) is 15.3. The van der Waals surface area contributed by atoms with Crippen LogP contribution in [0.3, 0.4) is 0 Å². The van der Waals surface area contributed by atoms with Crippen molar-refractivity contribution in [3.63, 3.8) is 0 Å². The predicted molar refractivity (Wildman–Crippen MR) is 89.3 cm³/mol. The quantitative estimate of drug-likeness (QED) is 0.846. The first-order valence-electron chi connectivity index (χ1n) is 7.79. The SMILES string of the molecule is CCc1ccc(N=CC2=C(O)CC(c3ccco3)CC2=O)cc1. The maximum Gasteiger partial charge on any atom is 0.168 e. The second-order valence-corrected chi connectivity index (χ2v) is 5.68. The van der Waals surface area contributed by atoms with Gasteiger partial charge in [0.05, 0.1) is 17.5 Å². The number of aliphatic hydroxyl groups is 1. The molecule has 1 aliphatic rings. The van der Waals surface area contributed by atoms with E-state index in [4.69, 9.17) is 4.42 Å². The zero-order valence-electron chi connectivity index (χ0n) is 13.0. The predicted octanol–water partition coefficient (Wildman–Crippen LogP) is 4.50. The number of allylic oxidation sites excluding steroid dienone is 2. The maximum absolute atomic E-state index is 12.3. The Labute approximate surface area is 135 Å². The van der Waals surface area contributed by atoms with Crippen molar-refractivity contribution in [3.8, 4) is 0 Å². The highest BCUT2D eigenvalue weighted by atomic mass is 16.3. The van der Waals surface area contributed by atoms with Crippen LogP contribution in [0.25, 0.3) is 0 Å². The molecule has 0 spiro atoms. The van der Waals surface area contributed by atoms with Gasteiger partial charge in [-0.2, -0.15) is 0 Å². The van der Waals surface area contributed by atoms with Gasteiger partial charge in [-0.05, 0) is 36.2 Å². The van der Waals surface area contributed by atoms with E-state index in [-0.39, 0.29) is 17.5 Å². The van der Waals surface area contributed by atoms with Crippen molar-refractivity contribution in [2.75, 3.05) is 0 Å². The van der Waals surface area contributed by atoms with Crippen molar-refractivity contribution in [3.05, 3.63) is 65.3 Å². The van der Waals surface area contributed by atoms with Crippen molar-refractivity contribution >= 4 is 17.7 Å². The van der Waals surface area contributed by atoms with Crippen LogP contribution in [0.2, 0.25) is 0 Å². The molecule has 1 aliphatic carbocycles. The van der Waals surface area contributed by atoms with Crippen LogP contribution in [-0.4, -0.2) is 17.1 Å². The van der Waals surface area contributed by atoms with E-state index in [1.165, 1.54) is 11.8 Å². The standard InChI is InChI=1S/C19H19NO3/c1-2-13-5-7-15(8-6-13)20-12-16-17(21)10-14(11-18(16)22)19-4-3-9-23-19/h3-9,12,14,21H,2,10-11H2,1H3. The first-order chi connectivity index (χ1) is 11.2. The number of ketones is 1. The molecule has 118 valence electrons. The van der Waals surface area contributed by atoms with E-state index in [0.717, 1.165) is 17.9 Å². The summed E-state index contributed by atoms with van der Waals surface area (Å²) in [4.78, 5) is 16.6. The van der Waals surface area contributed by atoms with Gasteiger partial charge in [-0.3, -0.25) is 9.79 Å². The van der Waals surface area contributed by atoms with Gasteiger partial charge in [0, 0.05) is 25.0 Å². The topological polar surface area (TPSA) is 62.8 Å². The molecule has 1 heterocycles. The van der Waals surface area contributed by atoms with Gasteiger partial charge in [-0.15, -0.1) is 0 Å². The van der Waals surface area contributed by atoms with Gasteiger partial charge >= 0.3 is 0 Å². The molecule has 23 heavy (non-hydrogen) atoms. The van der Waals surface area contributed by atoms with Crippen molar-refractivity contribution in [1.29, 1.82) is 0 Å². The molecule has 1 unspecified atom stereocenters. The molecular weight excluding hydrogens is 290 g/mol. The third-order valence-electron chi connectivity index (χ3n) is 4.12. The van der Waals surface area contributed by atoms with Crippen molar-refractivity contribution in [2.24, 2.45) is 4.99 Å². The van der Waals surface area contributed by atoms with Gasteiger partial charge < -0.3 is 9.52 Å². The van der Waals surface area contributed by atoms with E-state index in [1.54, 1.807) is 12.3 Å². The number of nitrogens with zero attached hydrogens (tertiary/aromatic N) is 1. The Morgan fingerprint density at radius 1 is 1.26 bits per heavy atom. The number of aliphatic hydroxyl groups excluding tert-OH is 1. The highest BCUT2D eigenvalue weighted by Crippen LogP contribution is 2.33. The molecule has 0 saturated heterocycles. The Kier molecular flexibility index (Phi) is 4.42. The summed E-state index contributed by atoms with van der Waals surface area (Å²) in [6.45, 7) is 2.09. The van der Waals surface area contributed by atoms with Gasteiger partial charge in [0.15, 0.2) is 5.78 Å². The number of hydrogen-bond donors (Lipinski definition) is 1. The molecule has 0 aliphatic heterocycles. The average Bonchev–Trinajstić information content (AvgIpc) is 3.09. The van der Waals surface area contributed by atoms with Crippen LogP contribution in [0, 0.1) is 0 Å². The van der Waals surface area contributed by atoms with E-state index in [2.05, 4.69) is 11.9 Å². The maximum atomic E-state index is 12.3. The Morgan fingerprint density at radius 2 is 2.04 bits per heavy atom. The second-order valence-electron chi connectivity index (χ2n) is 5.68. The van der Waals surface area contributed by atoms with Gasteiger partial charge in [0.2, 0.25) is 0 Å². The zero-order chi connectivity index (χ0) is 16.2. The lowest BCUT2D eigenvalue weighted by Crippen LogP contribution is -2.18. The van der Waals surface area contributed by atoms with E-state index in [0.29, 0.717) is 18.4 Å². The van der Waals surface area contributed by atoms with E-state index in [1.807, 2.05) is 30.3 Å². The van der Waals surface area contributed by atoms with Crippen LogP contribution in [0.1, 0.15) is 37.0 Å². The summed E-state index contributed by atoms with van der Waals surface area (Å²) in [6.07, 6.45) is 4.75. The van der Waals surface area contributed by atoms with Gasteiger partial charge in [-0.25, -0.2) is 0 Å². The number of furan rings is 1. The van der Waals surface area contributed by atoms with Crippen molar-refractivity contribution in [2.45, 2.75) is 32.1 Å². The van der Waals surface area contributed by atoms with E-state index >= 15 is 0 Å². The van der Waals surface area contributed by atoms with Crippen LogP contribution < -0.4 is 0 Å². The molecule has 1 aromatic carbocycles. The minimum atomic E-state index is -0.107. The molecule has 4 heteroatoms. The molecule has 1 N–H and O–H groups in total. The lowest BCUT2D eigenvalue weighted by molar-refractivity contribution is -0.116. The zero-order valence-corrected chi connectivity index (χ0v) is 13.0. The molecular formula is C19H19NO3. The fraction of sp³-hybridized carbons (Fsp3) is 0.263. The number of benzene rings is 1. The molecule has 0 fully saturated rings. The fourth-order valence-corrected chi connectivity index (χ4v) is 2.74. The number of aliphatic imine (C=N–C) groups is 1. The Balaban J connectivity index is 1.77. The Bertz CT molecular complexity index is 739. The van der Waals surface area contributed by atoms with E-state index < -0.39 is 0 Å². The third kappa shape index (κ3) is 3.42. The highest BCUT2D eigenvalue weighted by Gasteiger charge is 2.29. The van der Waals surface area contributed by atoms with E-state index in [9.17, 15) is 9.90 Å². The summed E-state index contributed by atoms with van der Waals surface area (Å²) in [5, 5.41) is 10.2. The minimum absolute atomic E-state index is 0.0802. The minimum Gasteiger partial charge on any atom is -0.511 e. The molecule has 4 nitrogen and oxygen atoms in total. The molecule has 0 amide bonds. The van der Waals surface area contributed by atoms with Gasteiger partial charge in [0.1, 0.15) is 11.5 Å². The lowest BCUT2D eigenvalue weighted by atomic mass is 9.86. The van der Waals surface area contributed by atoms with Crippen LogP contribution >= 0.6 is 0 Å². The molecule has 0 radical (unpaired) electrons. The molecule has 0 saturated carbocycles. The van der Waals surface area contributed by atoms with Crippen LogP contribution in [0.5, 0.6) is 0 Å². The Morgan fingerprint density at radius 3 is 2.65 bits per heavy atom. The largest absolute Gasteiger partial charge is 0.511 e. The molecule has 1 atom stereocenters. The lowest BCUT2D eigenvalue weighted by Gasteiger charge is -2.20. The van der Waals surface area contributed by atoms with Crippen molar-refractivity contribution in [1.82, 2.24) is 0 Å². The molecule has 0 bridgehead atoms. The summed E-state index contributed by atoms with van der Waals surface area (Å²) in [5.41, 5.74) is 2.30. The number of carbonyl (C=O) groups excluding carboxylic acids is 1. The number of rotatable bonds is 4. The highest BCUT2D eigenvalue weighted by molar-refractivity contribution is 6.14. The summed E-state index contributed by atoms with van der Waals surface area (Å²) in [6, 6.07) is 11.5. The number of Topliss-reactive ketones (excluding diaryl/α,β-unsaturated/α-hetero) is 1. The van der Waals surface area contributed by atoms with Gasteiger partial charge in [0.25, 0.3) is 0 Å². The fourth-order valence-electron chi connectivity index (χ4n) is 2.74. The number of hydrogen-bond acceptors (Lipinski definition) is 4. The molecule has 3 rings (SSSR count). The monoisotopic (exact) mass is 309 g/mol. The van der Waals surface area contributed by atoms with Crippen LogP contribution in [0.4, 0.5) is 5.69 Å². The average molecular weight is 309 g/mol. The summed E-state index contributed by atoms with van der Waals surface area (Å²) in [7, 11) is 0.